The van der Waals surface area contributed by atoms with E-state index < -0.39 is 0 Å². The zero-order chi connectivity index (χ0) is 19.5. The lowest BCUT2D eigenvalue weighted by molar-refractivity contribution is 0.104. The van der Waals surface area contributed by atoms with E-state index in [0.29, 0.717) is 27.2 Å². The highest BCUT2D eigenvalue weighted by Crippen LogP contribution is 2.28. The molecule has 1 heterocycles. The van der Waals surface area contributed by atoms with E-state index in [1.165, 1.54) is 0 Å². The van der Waals surface area contributed by atoms with Crippen molar-refractivity contribution in [1.29, 1.82) is 0 Å². The molecular weight excluding hydrogens is 481 g/mol. The van der Waals surface area contributed by atoms with Crippen LogP contribution in [-0.2, 0) is 0 Å². The molecule has 2 nitrogen and oxygen atoms in total. The Hall–Kier alpha value is -2.68. The van der Waals surface area contributed by atoms with Crippen LogP contribution in [0.1, 0.15) is 27.0 Å². The summed E-state index contributed by atoms with van der Waals surface area (Å²) >= 11 is 8.22. The van der Waals surface area contributed by atoms with Crippen molar-refractivity contribution in [1.82, 2.24) is 4.98 Å². The first-order valence-electron chi connectivity index (χ1n) is 8.58. The van der Waals surface area contributed by atoms with Crippen molar-refractivity contribution in [3.05, 3.63) is 110 Å². The highest BCUT2D eigenvalue weighted by Gasteiger charge is 2.20. The number of carbonyl (C=O) groups is 1. The van der Waals surface area contributed by atoms with Crippen LogP contribution in [0.5, 0.6) is 0 Å². The maximum absolute atomic E-state index is 13.4. The lowest BCUT2D eigenvalue weighted by Gasteiger charge is -2.10. The van der Waals surface area contributed by atoms with E-state index in [9.17, 15) is 4.79 Å². The Labute approximate surface area is 181 Å². The predicted molar refractivity (Wildman–Crippen MR) is 122 cm³/mol. The Morgan fingerprint density at radius 1 is 0.929 bits per heavy atom. The molecule has 4 rings (SSSR count). The number of halogens is 2. The second kappa shape index (κ2) is 8.14. The maximum atomic E-state index is 13.4. The number of nitrogens with zero attached hydrogens (tertiary/aromatic N) is 1. The van der Waals surface area contributed by atoms with Gasteiger partial charge in [0.2, 0.25) is 0 Å². The molecule has 0 N–H and O–H groups in total. The first kappa shape index (κ1) is 18.7. The van der Waals surface area contributed by atoms with Gasteiger partial charge in [0.1, 0.15) is 0 Å². The van der Waals surface area contributed by atoms with Gasteiger partial charge in [-0.15, -0.1) is 0 Å². The molecule has 0 amide bonds. The summed E-state index contributed by atoms with van der Waals surface area (Å²) in [6, 6.07) is 22.4. The summed E-state index contributed by atoms with van der Waals surface area (Å²) in [5.41, 5.74) is 3.31. The quantitative estimate of drug-likeness (QED) is 0.191. The molecule has 0 saturated carbocycles. The van der Waals surface area contributed by atoms with Crippen molar-refractivity contribution in [2.45, 2.75) is 0 Å². The Morgan fingerprint density at radius 3 is 2.43 bits per heavy atom. The van der Waals surface area contributed by atoms with Gasteiger partial charge < -0.3 is 0 Å². The third-order valence-electron chi connectivity index (χ3n) is 4.29. The van der Waals surface area contributed by atoms with Crippen LogP contribution in [0.2, 0.25) is 5.02 Å². The molecule has 0 aliphatic heterocycles. The van der Waals surface area contributed by atoms with Crippen LogP contribution in [0.3, 0.4) is 0 Å². The van der Waals surface area contributed by atoms with Crippen LogP contribution in [0.4, 0.5) is 0 Å². The normalized spacial score (nSPS) is 10.4. The Balaban J connectivity index is 1.95. The molecule has 0 spiro atoms. The third-order valence-corrected chi connectivity index (χ3v) is 5.39. The topological polar surface area (TPSA) is 30.0 Å². The average molecular weight is 494 g/mol. The Bertz CT molecular complexity index is 1240. The summed E-state index contributed by atoms with van der Waals surface area (Å²) in [5, 5.41) is 1.50. The SMILES string of the molecule is O=C(c1ccc(Cl)cc1)c1c(C#Cc2ccccc2)c(I)cc2cccnc12. The molecule has 0 unspecified atom stereocenters. The molecular formula is C24H13ClINO. The summed E-state index contributed by atoms with van der Waals surface area (Å²) < 4.78 is 0.916. The molecule has 0 atom stereocenters. The Kier molecular flexibility index (Phi) is 5.43. The lowest BCUT2D eigenvalue weighted by Crippen LogP contribution is -2.07. The lowest BCUT2D eigenvalue weighted by atomic mass is 9.95. The van der Waals surface area contributed by atoms with E-state index in [1.807, 2.05) is 48.5 Å². The van der Waals surface area contributed by atoms with Gasteiger partial charge in [0.25, 0.3) is 0 Å². The molecule has 134 valence electrons. The number of ketones is 1. The van der Waals surface area contributed by atoms with Crippen LogP contribution in [0.25, 0.3) is 10.9 Å². The molecule has 0 radical (unpaired) electrons. The smallest absolute Gasteiger partial charge is 0.196 e. The second-order valence-electron chi connectivity index (χ2n) is 6.14. The van der Waals surface area contributed by atoms with Crippen LogP contribution in [0, 0.1) is 15.4 Å². The largest absolute Gasteiger partial charge is 0.288 e. The highest BCUT2D eigenvalue weighted by molar-refractivity contribution is 14.1. The van der Waals surface area contributed by atoms with Crippen molar-refractivity contribution in [2.75, 3.05) is 0 Å². The van der Waals surface area contributed by atoms with Gasteiger partial charge in [-0.25, -0.2) is 0 Å². The van der Waals surface area contributed by atoms with Crippen molar-refractivity contribution < 1.29 is 4.79 Å². The zero-order valence-electron chi connectivity index (χ0n) is 14.6. The van der Waals surface area contributed by atoms with Gasteiger partial charge in [-0.3, -0.25) is 9.78 Å². The van der Waals surface area contributed by atoms with Gasteiger partial charge in [-0.1, -0.05) is 47.7 Å². The van der Waals surface area contributed by atoms with E-state index in [2.05, 4.69) is 39.4 Å². The molecule has 28 heavy (non-hydrogen) atoms. The number of fused-ring (bicyclic) bond motifs is 1. The standard InChI is InChI=1S/C24H13ClINO/c25-19-11-9-17(10-12-19)24(28)22-20(13-8-16-5-2-1-3-6-16)21(26)15-18-7-4-14-27-23(18)22/h1-7,9-12,14-15H. The molecule has 0 aliphatic rings. The van der Waals surface area contributed by atoms with Gasteiger partial charge in [0.15, 0.2) is 5.78 Å². The number of hydrogen-bond donors (Lipinski definition) is 0. The minimum atomic E-state index is -0.115. The summed E-state index contributed by atoms with van der Waals surface area (Å²) in [6.07, 6.45) is 1.70. The van der Waals surface area contributed by atoms with Crippen LogP contribution >= 0.6 is 34.2 Å². The summed E-state index contributed by atoms with van der Waals surface area (Å²) in [4.78, 5) is 17.9. The van der Waals surface area contributed by atoms with Crippen molar-refractivity contribution >= 4 is 50.9 Å². The fourth-order valence-electron chi connectivity index (χ4n) is 2.93. The third kappa shape index (κ3) is 3.80. The summed E-state index contributed by atoms with van der Waals surface area (Å²) in [6.45, 7) is 0. The van der Waals surface area contributed by atoms with E-state index in [0.717, 1.165) is 14.5 Å². The molecule has 0 saturated heterocycles. The molecule has 0 aliphatic carbocycles. The molecule has 0 bridgehead atoms. The average Bonchev–Trinajstić information content (AvgIpc) is 2.72. The number of pyridine rings is 1. The molecule has 0 fully saturated rings. The molecule has 4 heteroatoms. The fraction of sp³-hybridized carbons (Fsp3) is 0. The summed E-state index contributed by atoms with van der Waals surface area (Å²) in [7, 11) is 0. The van der Waals surface area contributed by atoms with Crippen molar-refractivity contribution in [3.8, 4) is 11.8 Å². The van der Waals surface area contributed by atoms with Crippen molar-refractivity contribution in [3.63, 3.8) is 0 Å². The van der Waals surface area contributed by atoms with Gasteiger partial charge in [-0.05, 0) is 71.1 Å². The molecule has 1 aromatic heterocycles. The minimum Gasteiger partial charge on any atom is -0.288 e. The first-order valence-corrected chi connectivity index (χ1v) is 10.0. The first-order chi connectivity index (χ1) is 13.6. The van der Waals surface area contributed by atoms with Crippen LogP contribution < -0.4 is 0 Å². The highest BCUT2D eigenvalue weighted by atomic mass is 127. The van der Waals surface area contributed by atoms with E-state index in [-0.39, 0.29) is 5.78 Å². The van der Waals surface area contributed by atoms with Crippen molar-refractivity contribution in [2.24, 2.45) is 0 Å². The molecule has 3 aromatic carbocycles. The number of rotatable bonds is 2. The zero-order valence-corrected chi connectivity index (χ0v) is 17.5. The van der Waals surface area contributed by atoms with E-state index >= 15 is 0 Å². The number of carbonyl (C=O) groups excluding carboxylic acids is 1. The fourth-order valence-corrected chi connectivity index (χ4v) is 3.80. The van der Waals surface area contributed by atoms with Crippen LogP contribution in [-0.4, -0.2) is 10.8 Å². The van der Waals surface area contributed by atoms with Gasteiger partial charge in [-0.2, -0.15) is 0 Å². The van der Waals surface area contributed by atoms with E-state index in [4.69, 9.17) is 11.6 Å². The van der Waals surface area contributed by atoms with E-state index in [1.54, 1.807) is 30.5 Å². The second-order valence-corrected chi connectivity index (χ2v) is 7.73. The Morgan fingerprint density at radius 2 is 1.68 bits per heavy atom. The minimum absolute atomic E-state index is 0.115. The van der Waals surface area contributed by atoms with Gasteiger partial charge in [0.05, 0.1) is 16.6 Å². The maximum Gasteiger partial charge on any atom is 0.196 e. The number of benzene rings is 3. The predicted octanol–water partition coefficient (Wildman–Crippen LogP) is 6.12. The number of hydrogen-bond acceptors (Lipinski definition) is 2. The summed E-state index contributed by atoms with van der Waals surface area (Å²) in [5.74, 6) is 6.26. The van der Waals surface area contributed by atoms with Gasteiger partial charge in [0, 0.05) is 31.3 Å². The monoisotopic (exact) mass is 493 g/mol. The van der Waals surface area contributed by atoms with Crippen LogP contribution in [0.15, 0.2) is 79.0 Å². The number of aromatic nitrogens is 1. The van der Waals surface area contributed by atoms with Gasteiger partial charge >= 0.3 is 0 Å². The molecule has 4 aromatic rings.